The van der Waals surface area contributed by atoms with Crippen LogP contribution in [0.5, 0.6) is 0 Å². The van der Waals surface area contributed by atoms with E-state index in [1.54, 1.807) is 24.3 Å². The Balaban J connectivity index is 1.50. The monoisotopic (exact) mass is 355 g/mol. The number of rotatable bonds is 6. The van der Waals surface area contributed by atoms with Crippen LogP contribution in [0.1, 0.15) is 34.5 Å². The first-order valence-corrected chi connectivity index (χ1v) is 8.39. The number of aromatic nitrogens is 2. The fourth-order valence-corrected chi connectivity index (χ4v) is 2.64. The lowest BCUT2D eigenvalue weighted by Crippen LogP contribution is -2.23. The molecule has 2 aromatic heterocycles. The highest BCUT2D eigenvalue weighted by Crippen LogP contribution is 2.12. The molecule has 1 aromatic carbocycles. The third-order valence-corrected chi connectivity index (χ3v) is 4.13. The lowest BCUT2D eigenvalue weighted by Gasteiger charge is -2.03. The summed E-state index contributed by atoms with van der Waals surface area (Å²) in [5.74, 6) is -0.201. The summed E-state index contributed by atoms with van der Waals surface area (Å²) in [6.07, 6.45) is 4.00. The van der Waals surface area contributed by atoms with Crippen LogP contribution in [0, 0.1) is 6.92 Å². The average molecular weight is 356 g/mol. The van der Waals surface area contributed by atoms with Gasteiger partial charge in [-0.3, -0.25) is 9.59 Å². The molecule has 0 bridgehead atoms. The zero-order valence-corrected chi connectivity index (χ0v) is 14.6. The van der Waals surface area contributed by atoms with E-state index in [1.165, 1.54) is 0 Å². The molecule has 6 heteroatoms. The second-order valence-electron chi connectivity index (χ2n) is 5.91. The van der Waals surface area contributed by atoms with Gasteiger partial charge in [0.2, 0.25) is 5.91 Å². The zero-order chi connectivity index (χ0) is 17.8. The van der Waals surface area contributed by atoms with E-state index in [9.17, 15) is 9.59 Å². The van der Waals surface area contributed by atoms with Crippen LogP contribution in [0.25, 0.3) is 5.65 Å². The fourth-order valence-electron chi connectivity index (χ4n) is 2.48. The van der Waals surface area contributed by atoms with Gasteiger partial charge in [0.25, 0.3) is 0 Å². The molecule has 25 heavy (non-hydrogen) atoms. The minimum atomic E-state index is -0.171. The molecular formula is C19H18ClN3O2. The molecule has 0 aliphatic heterocycles. The maximum atomic E-state index is 12.1. The van der Waals surface area contributed by atoms with Crippen LogP contribution in [0.15, 0.2) is 48.8 Å². The van der Waals surface area contributed by atoms with Crippen molar-refractivity contribution in [3.63, 3.8) is 0 Å². The van der Waals surface area contributed by atoms with E-state index in [0.717, 1.165) is 16.9 Å². The van der Waals surface area contributed by atoms with Crippen molar-refractivity contribution in [3.05, 3.63) is 70.6 Å². The number of aryl methyl sites for hydroxylation is 1. The lowest BCUT2D eigenvalue weighted by atomic mass is 10.1. The highest BCUT2D eigenvalue weighted by atomic mass is 35.5. The van der Waals surface area contributed by atoms with Gasteiger partial charge in [-0.25, -0.2) is 4.98 Å². The molecule has 0 aliphatic rings. The number of halogens is 1. The minimum Gasteiger partial charge on any atom is -0.350 e. The third kappa shape index (κ3) is 4.45. The predicted octanol–water partition coefficient (Wildman–Crippen LogP) is 3.58. The van der Waals surface area contributed by atoms with E-state index in [-0.39, 0.29) is 24.5 Å². The SMILES string of the molecule is Cc1ccc(C(=O)CCC(=O)NCc2cn3ccc(Cl)cc3n2)cc1. The van der Waals surface area contributed by atoms with Crippen LogP contribution in [-0.4, -0.2) is 21.1 Å². The van der Waals surface area contributed by atoms with Gasteiger partial charge in [0.05, 0.1) is 12.2 Å². The molecule has 3 rings (SSSR count). The van der Waals surface area contributed by atoms with Gasteiger partial charge in [0.15, 0.2) is 5.78 Å². The molecular weight excluding hydrogens is 338 g/mol. The number of carbonyl (C=O) groups excluding carboxylic acids is 2. The van der Waals surface area contributed by atoms with Gasteiger partial charge in [-0.05, 0) is 19.1 Å². The van der Waals surface area contributed by atoms with Gasteiger partial charge >= 0.3 is 0 Å². The summed E-state index contributed by atoms with van der Waals surface area (Å²) in [6, 6.07) is 10.9. The van der Waals surface area contributed by atoms with Crippen molar-refractivity contribution in [2.24, 2.45) is 0 Å². The van der Waals surface area contributed by atoms with Crippen LogP contribution in [0.4, 0.5) is 0 Å². The number of carbonyl (C=O) groups is 2. The van der Waals surface area contributed by atoms with Gasteiger partial charge in [-0.1, -0.05) is 41.4 Å². The average Bonchev–Trinajstić information content (AvgIpc) is 3.00. The zero-order valence-electron chi connectivity index (χ0n) is 13.8. The third-order valence-electron chi connectivity index (χ3n) is 3.89. The number of nitrogens with one attached hydrogen (secondary N) is 1. The number of ketones is 1. The highest BCUT2D eigenvalue weighted by Gasteiger charge is 2.10. The number of pyridine rings is 1. The highest BCUT2D eigenvalue weighted by molar-refractivity contribution is 6.30. The van der Waals surface area contributed by atoms with Crippen LogP contribution in [-0.2, 0) is 11.3 Å². The van der Waals surface area contributed by atoms with E-state index in [0.29, 0.717) is 17.1 Å². The van der Waals surface area contributed by atoms with Crippen molar-refractivity contribution < 1.29 is 9.59 Å². The summed E-state index contributed by atoms with van der Waals surface area (Å²) in [7, 11) is 0. The molecule has 0 atom stereocenters. The summed E-state index contributed by atoms with van der Waals surface area (Å²) in [4.78, 5) is 28.4. The van der Waals surface area contributed by atoms with E-state index in [1.807, 2.05) is 35.9 Å². The van der Waals surface area contributed by atoms with Crippen molar-refractivity contribution in [2.45, 2.75) is 26.3 Å². The Morgan fingerprint density at radius 2 is 1.92 bits per heavy atom. The first-order chi connectivity index (χ1) is 12.0. The number of hydrogen-bond acceptors (Lipinski definition) is 3. The summed E-state index contributed by atoms with van der Waals surface area (Å²) in [5, 5.41) is 3.40. The van der Waals surface area contributed by atoms with E-state index < -0.39 is 0 Å². The maximum Gasteiger partial charge on any atom is 0.220 e. The Kier molecular flexibility index (Phi) is 5.14. The number of benzene rings is 1. The molecule has 5 nitrogen and oxygen atoms in total. The molecule has 2 heterocycles. The number of imidazole rings is 1. The van der Waals surface area contributed by atoms with Crippen LogP contribution in [0.2, 0.25) is 5.02 Å². The van der Waals surface area contributed by atoms with Gasteiger partial charge in [-0.15, -0.1) is 0 Å². The van der Waals surface area contributed by atoms with Gasteiger partial charge in [-0.2, -0.15) is 0 Å². The Bertz CT molecular complexity index is 916. The van der Waals surface area contributed by atoms with Crippen molar-refractivity contribution in [1.82, 2.24) is 14.7 Å². The van der Waals surface area contributed by atoms with Crippen LogP contribution in [0.3, 0.4) is 0 Å². The van der Waals surface area contributed by atoms with Crippen LogP contribution >= 0.6 is 11.6 Å². The van der Waals surface area contributed by atoms with E-state index >= 15 is 0 Å². The number of nitrogens with zero attached hydrogens (tertiary/aromatic N) is 2. The lowest BCUT2D eigenvalue weighted by molar-refractivity contribution is -0.121. The number of fused-ring (bicyclic) bond motifs is 1. The van der Waals surface area contributed by atoms with Crippen molar-refractivity contribution >= 4 is 28.9 Å². The quantitative estimate of drug-likeness (QED) is 0.687. The fraction of sp³-hybridized carbons (Fsp3) is 0.211. The summed E-state index contributed by atoms with van der Waals surface area (Å²) < 4.78 is 1.84. The van der Waals surface area contributed by atoms with E-state index in [4.69, 9.17) is 11.6 Å². The minimum absolute atomic E-state index is 0.0301. The molecule has 3 aromatic rings. The molecule has 0 spiro atoms. The molecule has 0 radical (unpaired) electrons. The summed E-state index contributed by atoms with van der Waals surface area (Å²) in [5.41, 5.74) is 3.20. The second-order valence-corrected chi connectivity index (χ2v) is 6.35. The van der Waals surface area contributed by atoms with Gasteiger partial charge in [0, 0.05) is 35.8 Å². The van der Waals surface area contributed by atoms with E-state index in [2.05, 4.69) is 10.3 Å². The van der Waals surface area contributed by atoms with Crippen molar-refractivity contribution in [1.29, 1.82) is 0 Å². The first kappa shape index (κ1) is 17.2. The molecule has 0 aliphatic carbocycles. The Labute approximate surface area is 150 Å². The van der Waals surface area contributed by atoms with Crippen molar-refractivity contribution in [2.75, 3.05) is 0 Å². The predicted molar refractivity (Wildman–Crippen MR) is 96.8 cm³/mol. The Morgan fingerprint density at radius 1 is 1.16 bits per heavy atom. The molecule has 0 fully saturated rings. The summed E-state index contributed by atoms with van der Waals surface area (Å²) in [6.45, 7) is 2.28. The topological polar surface area (TPSA) is 63.5 Å². The Hall–Kier alpha value is -2.66. The smallest absolute Gasteiger partial charge is 0.220 e. The number of hydrogen-bond donors (Lipinski definition) is 1. The second kappa shape index (κ2) is 7.49. The van der Waals surface area contributed by atoms with Crippen LogP contribution < -0.4 is 5.32 Å². The Morgan fingerprint density at radius 3 is 2.68 bits per heavy atom. The molecule has 0 saturated heterocycles. The number of Topliss-reactive ketones (excluding diaryl/α,β-unsaturated/α-hetero) is 1. The molecule has 1 N–H and O–H groups in total. The van der Waals surface area contributed by atoms with Gasteiger partial charge in [0.1, 0.15) is 5.65 Å². The largest absolute Gasteiger partial charge is 0.350 e. The summed E-state index contributed by atoms with van der Waals surface area (Å²) >= 11 is 5.93. The molecule has 0 saturated carbocycles. The number of amides is 1. The van der Waals surface area contributed by atoms with Crippen molar-refractivity contribution in [3.8, 4) is 0 Å². The molecule has 128 valence electrons. The first-order valence-electron chi connectivity index (χ1n) is 8.01. The molecule has 1 amide bonds. The van der Waals surface area contributed by atoms with Gasteiger partial charge < -0.3 is 9.72 Å². The standard InChI is InChI=1S/C19H18ClN3O2/c1-13-2-4-14(5-3-13)17(24)6-7-19(25)21-11-16-12-23-9-8-15(20)10-18(23)22-16/h2-5,8-10,12H,6-7,11H2,1H3,(H,21,25). The normalized spacial score (nSPS) is 10.8. The maximum absolute atomic E-state index is 12.1. The molecule has 0 unspecified atom stereocenters.